The summed E-state index contributed by atoms with van der Waals surface area (Å²) in [5, 5.41) is 0. The highest BCUT2D eigenvalue weighted by Gasteiger charge is 2.05. The van der Waals surface area contributed by atoms with Gasteiger partial charge in [0.05, 0.1) is 0 Å². The first kappa shape index (κ1) is 14.5. The van der Waals surface area contributed by atoms with Crippen molar-refractivity contribution in [3.63, 3.8) is 0 Å². The molecule has 0 bridgehead atoms. The minimum absolute atomic E-state index is 0.771. The molecule has 0 fully saturated rings. The second kappa shape index (κ2) is 7.73. The van der Waals surface area contributed by atoms with E-state index in [2.05, 4.69) is 53.7 Å². The first-order valence-electron chi connectivity index (χ1n) is 6.26. The Morgan fingerprint density at radius 3 is 1.93 bits per heavy atom. The summed E-state index contributed by atoms with van der Waals surface area (Å²) in [5.74, 6) is 1.55. The van der Waals surface area contributed by atoms with Crippen LogP contribution in [0.25, 0.3) is 0 Å². The van der Waals surface area contributed by atoms with Crippen LogP contribution in [0.1, 0.15) is 60.8 Å². The lowest BCUT2D eigenvalue weighted by atomic mass is 9.92. The van der Waals surface area contributed by atoms with E-state index in [0.29, 0.717) is 0 Å². The van der Waals surface area contributed by atoms with Gasteiger partial charge in [0.15, 0.2) is 0 Å². The van der Waals surface area contributed by atoms with Crippen molar-refractivity contribution in [2.24, 2.45) is 11.8 Å². The van der Waals surface area contributed by atoms with Gasteiger partial charge in [0.25, 0.3) is 0 Å². The van der Waals surface area contributed by atoms with Crippen LogP contribution in [0.2, 0.25) is 0 Å². The zero-order valence-corrected chi connectivity index (χ0v) is 11.4. The average Bonchev–Trinajstić information content (AvgIpc) is 2.10. The number of hydrogen-bond donors (Lipinski definition) is 0. The monoisotopic (exact) mass is 208 g/mol. The summed E-state index contributed by atoms with van der Waals surface area (Å²) in [4.78, 5) is 0. The van der Waals surface area contributed by atoms with E-state index < -0.39 is 0 Å². The van der Waals surface area contributed by atoms with Crippen LogP contribution in [0.3, 0.4) is 0 Å². The van der Waals surface area contributed by atoms with Gasteiger partial charge in [-0.3, -0.25) is 0 Å². The SMILES string of the molecule is CC=CCC(CC(C)C)=C(C)CC(C)C. The second-order valence-corrected chi connectivity index (χ2v) is 5.35. The fraction of sp³-hybridized carbons (Fsp3) is 0.733. The van der Waals surface area contributed by atoms with E-state index in [1.54, 1.807) is 11.1 Å². The molecule has 0 aliphatic rings. The van der Waals surface area contributed by atoms with Crippen molar-refractivity contribution in [2.75, 3.05) is 0 Å². The Bertz CT molecular complexity index is 216. The zero-order valence-electron chi connectivity index (χ0n) is 11.4. The fourth-order valence-corrected chi connectivity index (χ4v) is 1.94. The first-order chi connectivity index (χ1) is 6.97. The molecular weight excluding hydrogens is 180 g/mol. The lowest BCUT2D eigenvalue weighted by molar-refractivity contribution is 0.602. The van der Waals surface area contributed by atoms with E-state index >= 15 is 0 Å². The third-order valence-corrected chi connectivity index (χ3v) is 2.57. The smallest absolute Gasteiger partial charge is 0.0136 e. The second-order valence-electron chi connectivity index (χ2n) is 5.35. The minimum atomic E-state index is 0.771. The molecule has 0 saturated heterocycles. The molecule has 0 spiro atoms. The summed E-state index contributed by atoms with van der Waals surface area (Å²) in [6.07, 6.45) is 8.08. The molecule has 0 amide bonds. The Hall–Kier alpha value is -0.520. The summed E-state index contributed by atoms with van der Waals surface area (Å²) < 4.78 is 0. The molecule has 0 atom stereocenters. The molecule has 0 aromatic carbocycles. The molecular formula is C15H28. The van der Waals surface area contributed by atoms with Crippen LogP contribution in [0, 0.1) is 11.8 Å². The quantitative estimate of drug-likeness (QED) is 0.515. The van der Waals surface area contributed by atoms with Crippen LogP contribution in [-0.2, 0) is 0 Å². The Balaban J connectivity index is 4.55. The van der Waals surface area contributed by atoms with Gasteiger partial charge in [-0.1, -0.05) is 51.0 Å². The normalized spacial score (nSPS) is 14.1. The summed E-state index contributed by atoms with van der Waals surface area (Å²) in [7, 11) is 0. The van der Waals surface area contributed by atoms with Gasteiger partial charge < -0.3 is 0 Å². The van der Waals surface area contributed by atoms with Crippen molar-refractivity contribution in [2.45, 2.75) is 60.8 Å². The molecule has 0 rings (SSSR count). The highest BCUT2D eigenvalue weighted by molar-refractivity contribution is 5.16. The van der Waals surface area contributed by atoms with E-state index in [9.17, 15) is 0 Å². The van der Waals surface area contributed by atoms with Crippen molar-refractivity contribution < 1.29 is 0 Å². The van der Waals surface area contributed by atoms with Gasteiger partial charge in [-0.05, 0) is 44.9 Å². The van der Waals surface area contributed by atoms with Crippen molar-refractivity contribution >= 4 is 0 Å². The zero-order chi connectivity index (χ0) is 11.8. The van der Waals surface area contributed by atoms with Crippen LogP contribution in [0.5, 0.6) is 0 Å². The molecule has 0 saturated carbocycles. The van der Waals surface area contributed by atoms with Crippen LogP contribution in [0.15, 0.2) is 23.3 Å². The highest BCUT2D eigenvalue weighted by Crippen LogP contribution is 2.23. The minimum Gasteiger partial charge on any atom is -0.0913 e. The maximum Gasteiger partial charge on any atom is -0.0136 e. The number of allylic oxidation sites excluding steroid dienone is 4. The predicted molar refractivity (Wildman–Crippen MR) is 71.0 cm³/mol. The summed E-state index contributed by atoms with van der Waals surface area (Å²) >= 11 is 0. The summed E-state index contributed by atoms with van der Waals surface area (Å²) in [6, 6.07) is 0. The molecule has 0 aromatic rings. The molecule has 0 aliphatic carbocycles. The van der Waals surface area contributed by atoms with E-state index in [1.165, 1.54) is 12.8 Å². The van der Waals surface area contributed by atoms with Gasteiger partial charge in [0, 0.05) is 0 Å². The number of rotatable bonds is 6. The van der Waals surface area contributed by atoms with Crippen LogP contribution in [-0.4, -0.2) is 0 Å². The van der Waals surface area contributed by atoms with Gasteiger partial charge in [0.1, 0.15) is 0 Å². The average molecular weight is 208 g/mol. The first-order valence-corrected chi connectivity index (χ1v) is 6.26. The molecule has 0 radical (unpaired) electrons. The number of hydrogen-bond acceptors (Lipinski definition) is 0. The molecule has 15 heavy (non-hydrogen) atoms. The molecule has 0 heteroatoms. The third-order valence-electron chi connectivity index (χ3n) is 2.57. The van der Waals surface area contributed by atoms with Crippen LogP contribution < -0.4 is 0 Å². The fourth-order valence-electron chi connectivity index (χ4n) is 1.94. The topological polar surface area (TPSA) is 0 Å². The predicted octanol–water partition coefficient (Wildman–Crippen LogP) is 5.36. The molecule has 0 aliphatic heterocycles. The third kappa shape index (κ3) is 7.41. The van der Waals surface area contributed by atoms with Gasteiger partial charge in [-0.2, -0.15) is 0 Å². The van der Waals surface area contributed by atoms with Crippen molar-refractivity contribution in [3.05, 3.63) is 23.3 Å². The van der Waals surface area contributed by atoms with Crippen molar-refractivity contribution in [3.8, 4) is 0 Å². The lowest BCUT2D eigenvalue weighted by Gasteiger charge is -2.14. The largest absolute Gasteiger partial charge is 0.0913 e. The molecule has 0 nitrogen and oxygen atoms in total. The van der Waals surface area contributed by atoms with E-state index in [1.807, 2.05) is 0 Å². The molecule has 0 aromatic heterocycles. The molecule has 88 valence electrons. The van der Waals surface area contributed by atoms with Gasteiger partial charge >= 0.3 is 0 Å². The van der Waals surface area contributed by atoms with Gasteiger partial charge in [-0.15, -0.1) is 0 Å². The Kier molecular flexibility index (Phi) is 7.46. The molecule has 0 unspecified atom stereocenters. The molecule has 0 heterocycles. The Labute approximate surface area is 96.5 Å². The Morgan fingerprint density at radius 2 is 1.53 bits per heavy atom. The maximum absolute atomic E-state index is 2.31. The van der Waals surface area contributed by atoms with Gasteiger partial charge in [0.2, 0.25) is 0 Å². The standard InChI is InChI=1S/C15H28/c1-7-8-9-15(11-13(4)5)14(6)10-12(2)3/h7-8,12-13H,9-11H2,1-6H3. The maximum atomic E-state index is 2.31. The summed E-state index contributed by atoms with van der Waals surface area (Å²) in [5.41, 5.74) is 3.26. The van der Waals surface area contributed by atoms with E-state index in [0.717, 1.165) is 18.3 Å². The molecule has 0 N–H and O–H groups in total. The van der Waals surface area contributed by atoms with E-state index in [-0.39, 0.29) is 0 Å². The van der Waals surface area contributed by atoms with Crippen LogP contribution >= 0.6 is 0 Å². The van der Waals surface area contributed by atoms with E-state index in [4.69, 9.17) is 0 Å². The van der Waals surface area contributed by atoms with Crippen molar-refractivity contribution in [1.82, 2.24) is 0 Å². The van der Waals surface area contributed by atoms with Crippen molar-refractivity contribution in [1.29, 1.82) is 0 Å². The lowest BCUT2D eigenvalue weighted by Crippen LogP contribution is -1.98. The summed E-state index contributed by atoms with van der Waals surface area (Å²) in [6.45, 7) is 13.6. The van der Waals surface area contributed by atoms with Gasteiger partial charge in [-0.25, -0.2) is 0 Å². The Morgan fingerprint density at radius 1 is 1.00 bits per heavy atom. The van der Waals surface area contributed by atoms with Crippen LogP contribution in [0.4, 0.5) is 0 Å². The highest BCUT2D eigenvalue weighted by atomic mass is 14.1.